The van der Waals surface area contributed by atoms with E-state index in [1.165, 1.54) is 62.5 Å². The van der Waals surface area contributed by atoms with Crippen LogP contribution in [0, 0.1) is 11.8 Å². The van der Waals surface area contributed by atoms with Crippen LogP contribution >= 0.6 is 0 Å². The van der Waals surface area contributed by atoms with Gasteiger partial charge in [-0.25, -0.2) is 9.97 Å². The third-order valence-electron chi connectivity index (χ3n) is 6.82. The second kappa shape index (κ2) is 7.90. The normalized spacial score (nSPS) is 29.5. The Balaban J connectivity index is 1.42. The van der Waals surface area contributed by atoms with E-state index in [0.29, 0.717) is 5.92 Å². The Bertz CT molecular complexity index is 624. The fourth-order valence-electron chi connectivity index (χ4n) is 4.79. The fraction of sp³-hybridized carbons (Fsp3) is 0.583. The minimum Gasteiger partial charge on any atom is -0.236 e. The first-order valence-corrected chi connectivity index (χ1v) is 10.6. The lowest BCUT2D eigenvalue weighted by atomic mass is 9.79. The maximum absolute atomic E-state index is 4.68. The summed E-state index contributed by atoms with van der Waals surface area (Å²) >= 11 is 0. The molecule has 1 aromatic heterocycles. The average molecular weight is 349 g/mol. The van der Waals surface area contributed by atoms with Crippen molar-refractivity contribution in [3.8, 4) is 11.4 Å². The summed E-state index contributed by atoms with van der Waals surface area (Å²) < 4.78 is 0. The molecule has 0 spiro atoms. The third kappa shape index (κ3) is 4.00. The van der Waals surface area contributed by atoms with Crippen molar-refractivity contribution >= 4 is 0 Å². The highest BCUT2D eigenvalue weighted by molar-refractivity contribution is 5.55. The molecule has 1 heterocycles. The van der Waals surface area contributed by atoms with Crippen LogP contribution in [0.1, 0.15) is 88.2 Å². The monoisotopic (exact) mass is 348 g/mol. The molecular weight excluding hydrogens is 316 g/mol. The summed E-state index contributed by atoms with van der Waals surface area (Å²) in [6.07, 6.45) is 14.8. The molecule has 26 heavy (non-hydrogen) atoms. The summed E-state index contributed by atoms with van der Waals surface area (Å²) in [7, 11) is 0. The van der Waals surface area contributed by atoms with Crippen molar-refractivity contribution < 1.29 is 0 Å². The fourth-order valence-corrected chi connectivity index (χ4v) is 4.79. The SMILES string of the molecule is CC1CCC(c2ccc(-c3ncc(C4CCC(C)CC4)cn3)cc2)CC1. The first-order valence-electron chi connectivity index (χ1n) is 10.6. The van der Waals surface area contributed by atoms with Crippen LogP contribution in [-0.4, -0.2) is 9.97 Å². The minimum absolute atomic E-state index is 0.663. The largest absolute Gasteiger partial charge is 0.236 e. The zero-order chi connectivity index (χ0) is 17.9. The molecule has 4 rings (SSSR count). The van der Waals surface area contributed by atoms with Crippen molar-refractivity contribution in [2.24, 2.45) is 11.8 Å². The van der Waals surface area contributed by atoms with Crippen LogP contribution in [0.3, 0.4) is 0 Å². The van der Waals surface area contributed by atoms with Gasteiger partial charge in [0, 0.05) is 18.0 Å². The van der Waals surface area contributed by atoms with Crippen molar-refractivity contribution in [2.45, 2.75) is 77.0 Å². The van der Waals surface area contributed by atoms with Gasteiger partial charge in [-0.2, -0.15) is 0 Å². The molecule has 0 unspecified atom stereocenters. The van der Waals surface area contributed by atoms with Gasteiger partial charge in [0.2, 0.25) is 0 Å². The summed E-state index contributed by atoms with van der Waals surface area (Å²) in [5, 5.41) is 0. The first kappa shape index (κ1) is 17.7. The topological polar surface area (TPSA) is 25.8 Å². The molecule has 0 N–H and O–H groups in total. The van der Waals surface area contributed by atoms with E-state index in [2.05, 4.69) is 60.5 Å². The molecule has 2 aromatic rings. The number of nitrogens with zero attached hydrogens (tertiary/aromatic N) is 2. The van der Waals surface area contributed by atoms with E-state index >= 15 is 0 Å². The van der Waals surface area contributed by atoms with E-state index in [1.807, 2.05) is 0 Å². The van der Waals surface area contributed by atoms with Gasteiger partial charge in [-0.15, -0.1) is 0 Å². The van der Waals surface area contributed by atoms with E-state index in [1.54, 1.807) is 0 Å². The second-order valence-corrected chi connectivity index (χ2v) is 8.88. The Hall–Kier alpha value is -1.70. The second-order valence-electron chi connectivity index (χ2n) is 8.88. The van der Waals surface area contributed by atoms with Crippen LogP contribution in [0.5, 0.6) is 0 Å². The van der Waals surface area contributed by atoms with E-state index in [-0.39, 0.29) is 0 Å². The van der Waals surface area contributed by atoms with Crippen LogP contribution in [0.25, 0.3) is 11.4 Å². The Morgan fingerprint density at radius 2 is 1.08 bits per heavy atom. The van der Waals surface area contributed by atoms with Gasteiger partial charge in [0.25, 0.3) is 0 Å². The van der Waals surface area contributed by atoms with Crippen LogP contribution in [-0.2, 0) is 0 Å². The average Bonchev–Trinajstić information content (AvgIpc) is 2.70. The molecule has 0 atom stereocenters. The highest BCUT2D eigenvalue weighted by atomic mass is 14.9. The Morgan fingerprint density at radius 1 is 0.615 bits per heavy atom. The molecule has 2 fully saturated rings. The molecule has 0 radical (unpaired) electrons. The molecule has 0 saturated heterocycles. The molecule has 2 aliphatic rings. The quantitative estimate of drug-likeness (QED) is 0.614. The molecule has 2 saturated carbocycles. The third-order valence-corrected chi connectivity index (χ3v) is 6.82. The molecule has 0 amide bonds. The number of aromatic nitrogens is 2. The van der Waals surface area contributed by atoms with Gasteiger partial charge < -0.3 is 0 Å². The molecule has 138 valence electrons. The smallest absolute Gasteiger partial charge is 0.159 e. The van der Waals surface area contributed by atoms with E-state index < -0.39 is 0 Å². The number of hydrogen-bond donors (Lipinski definition) is 0. The Morgan fingerprint density at radius 3 is 1.58 bits per heavy atom. The summed E-state index contributed by atoms with van der Waals surface area (Å²) in [5.41, 5.74) is 3.96. The summed E-state index contributed by atoms with van der Waals surface area (Å²) in [6, 6.07) is 9.03. The number of hydrogen-bond acceptors (Lipinski definition) is 2. The molecular formula is C24H32N2. The molecule has 1 aromatic carbocycles. The molecule has 0 aliphatic heterocycles. The summed E-state index contributed by atoms with van der Waals surface area (Å²) in [4.78, 5) is 9.37. The highest BCUT2D eigenvalue weighted by Gasteiger charge is 2.21. The van der Waals surface area contributed by atoms with Gasteiger partial charge in [-0.3, -0.25) is 0 Å². The molecule has 0 bridgehead atoms. The lowest BCUT2D eigenvalue weighted by molar-refractivity contribution is 0.347. The van der Waals surface area contributed by atoms with Crippen LogP contribution in [0.2, 0.25) is 0 Å². The van der Waals surface area contributed by atoms with Crippen molar-refractivity contribution in [3.05, 3.63) is 47.8 Å². The van der Waals surface area contributed by atoms with Gasteiger partial charge in [0.1, 0.15) is 0 Å². The lowest BCUT2D eigenvalue weighted by Gasteiger charge is -2.26. The van der Waals surface area contributed by atoms with E-state index in [0.717, 1.165) is 29.1 Å². The van der Waals surface area contributed by atoms with Crippen LogP contribution < -0.4 is 0 Å². The van der Waals surface area contributed by atoms with Crippen molar-refractivity contribution in [2.75, 3.05) is 0 Å². The Kier molecular flexibility index (Phi) is 5.38. The van der Waals surface area contributed by atoms with Gasteiger partial charge in [0.15, 0.2) is 5.82 Å². The summed E-state index contributed by atoms with van der Waals surface area (Å²) in [6.45, 7) is 4.75. The van der Waals surface area contributed by atoms with Crippen LogP contribution in [0.15, 0.2) is 36.7 Å². The van der Waals surface area contributed by atoms with E-state index in [9.17, 15) is 0 Å². The standard InChI is InChI=1S/C24H32N2/c1-17-3-7-19(8-4-17)20-11-13-22(14-12-20)24-25-15-23(16-26-24)21-9-5-18(2)6-10-21/h11-19,21H,3-10H2,1-2H3. The zero-order valence-corrected chi connectivity index (χ0v) is 16.3. The van der Waals surface area contributed by atoms with Crippen molar-refractivity contribution in [1.29, 1.82) is 0 Å². The minimum atomic E-state index is 0.663. The molecule has 2 nitrogen and oxygen atoms in total. The van der Waals surface area contributed by atoms with Crippen molar-refractivity contribution in [1.82, 2.24) is 9.97 Å². The maximum atomic E-state index is 4.68. The van der Waals surface area contributed by atoms with Gasteiger partial charge >= 0.3 is 0 Å². The number of rotatable bonds is 3. The van der Waals surface area contributed by atoms with Crippen LogP contribution in [0.4, 0.5) is 0 Å². The molecule has 2 heteroatoms. The zero-order valence-electron chi connectivity index (χ0n) is 16.3. The predicted octanol–water partition coefficient (Wildman–Crippen LogP) is 6.73. The van der Waals surface area contributed by atoms with Crippen molar-refractivity contribution in [3.63, 3.8) is 0 Å². The summed E-state index contributed by atoms with van der Waals surface area (Å²) in [5.74, 6) is 4.07. The first-order chi connectivity index (χ1) is 12.7. The highest BCUT2D eigenvalue weighted by Crippen LogP contribution is 2.37. The van der Waals surface area contributed by atoms with Gasteiger partial charge in [0.05, 0.1) is 0 Å². The van der Waals surface area contributed by atoms with E-state index in [4.69, 9.17) is 0 Å². The maximum Gasteiger partial charge on any atom is 0.159 e. The number of benzene rings is 1. The van der Waals surface area contributed by atoms with Gasteiger partial charge in [-0.1, -0.05) is 63.8 Å². The van der Waals surface area contributed by atoms with Gasteiger partial charge in [-0.05, 0) is 60.5 Å². The molecule has 2 aliphatic carbocycles. The lowest BCUT2D eigenvalue weighted by Crippen LogP contribution is -2.11. The predicted molar refractivity (Wildman–Crippen MR) is 108 cm³/mol. The Labute approximate surface area is 158 Å².